The monoisotopic (exact) mass is 341 g/mol. The van der Waals surface area contributed by atoms with Crippen LogP contribution in [0.1, 0.15) is 63.4 Å². The molecule has 1 heterocycles. The number of ether oxygens (including phenoxy) is 1. The average molecular weight is 342 g/mol. The van der Waals surface area contributed by atoms with E-state index in [0.717, 1.165) is 18.1 Å². The van der Waals surface area contributed by atoms with Gasteiger partial charge < -0.3 is 9.64 Å². The molecule has 2 unspecified atom stereocenters. The lowest BCUT2D eigenvalue weighted by Crippen LogP contribution is -2.38. The van der Waals surface area contributed by atoms with Crippen molar-refractivity contribution < 1.29 is 4.74 Å². The highest BCUT2D eigenvalue weighted by Gasteiger charge is 2.43. The molecule has 25 heavy (non-hydrogen) atoms. The molecule has 138 valence electrons. The minimum absolute atomic E-state index is 0.378. The summed E-state index contributed by atoms with van der Waals surface area (Å²) in [6.07, 6.45) is 14.0. The van der Waals surface area contributed by atoms with E-state index in [9.17, 15) is 0 Å². The van der Waals surface area contributed by atoms with Crippen LogP contribution in [0, 0.1) is 5.92 Å². The molecular formula is C23H35NO. The van der Waals surface area contributed by atoms with Gasteiger partial charge in [-0.1, -0.05) is 31.1 Å². The van der Waals surface area contributed by atoms with E-state index in [1.165, 1.54) is 76.6 Å². The van der Waals surface area contributed by atoms with Gasteiger partial charge in [-0.25, -0.2) is 0 Å². The van der Waals surface area contributed by atoms with Crippen LogP contribution in [0.15, 0.2) is 36.9 Å². The first-order valence-electron chi connectivity index (χ1n) is 10.3. The standard InChI is InChI=1S/C23H35NO/c1-3-4-5-8-16-24-17-13-20-10-6-7-14-23(20,15-18-24)21-11-9-12-22(19-21)25-2/h3,9,11-12,19-20H,1,4-8,10,13-18H2,2H3. The number of rotatable bonds is 7. The molecule has 0 amide bonds. The zero-order valence-electron chi connectivity index (χ0n) is 16.0. The molecule has 0 aromatic heterocycles. The van der Waals surface area contributed by atoms with Gasteiger partial charge in [-0.05, 0) is 93.6 Å². The van der Waals surface area contributed by atoms with Crippen molar-refractivity contribution in [3.05, 3.63) is 42.5 Å². The average Bonchev–Trinajstić information content (AvgIpc) is 2.86. The molecule has 2 nitrogen and oxygen atoms in total. The Morgan fingerprint density at radius 1 is 1.20 bits per heavy atom. The number of likely N-dealkylation sites (tertiary alicyclic amines) is 1. The summed E-state index contributed by atoms with van der Waals surface area (Å²) in [5, 5.41) is 0. The number of allylic oxidation sites excluding steroid dienone is 1. The largest absolute Gasteiger partial charge is 0.497 e. The van der Waals surface area contributed by atoms with E-state index in [1.54, 1.807) is 7.11 Å². The molecule has 0 N–H and O–H groups in total. The van der Waals surface area contributed by atoms with Gasteiger partial charge in [0.25, 0.3) is 0 Å². The highest BCUT2D eigenvalue weighted by molar-refractivity contribution is 5.35. The Kier molecular flexibility index (Phi) is 6.58. The van der Waals surface area contributed by atoms with Gasteiger partial charge in [0.2, 0.25) is 0 Å². The predicted octanol–water partition coefficient (Wildman–Crippen LogP) is 5.58. The fourth-order valence-electron chi connectivity index (χ4n) is 5.17. The molecule has 0 radical (unpaired) electrons. The first-order chi connectivity index (χ1) is 12.3. The van der Waals surface area contributed by atoms with Gasteiger partial charge in [-0.15, -0.1) is 6.58 Å². The van der Waals surface area contributed by atoms with Gasteiger partial charge >= 0.3 is 0 Å². The maximum Gasteiger partial charge on any atom is 0.119 e. The van der Waals surface area contributed by atoms with E-state index >= 15 is 0 Å². The second-order valence-corrected chi connectivity index (χ2v) is 8.00. The smallest absolute Gasteiger partial charge is 0.119 e. The summed E-state index contributed by atoms with van der Waals surface area (Å²) in [7, 11) is 1.78. The van der Waals surface area contributed by atoms with Gasteiger partial charge in [-0.3, -0.25) is 0 Å². The van der Waals surface area contributed by atoms with Crippen LogP contribution in [0.2, 0.25) is 0 Å². The molecule has 2 heteroatoms. The lowest BCUT2D eigenvalue weighted by atomic mass is 9.60. The summed E-state index contributed by atoms with van der Waals surface area (Å²) in [5.41, 5.74) is 1.91. The fourth-order valence-corrected chi connectivity index (χ4v) is 5.17. The van der Waals surface area contributed by atoms with E-state index in [0.29, 0.717) is 5.41 Å². The third-order valence-corrected chi connectivity index (χ3v) is 6.65. The van der Waals surface area contributed by atoms with Crippen molar-refractivity contribution in [2.45, 2.75) is 63.2 Å². The maximum atomic E-state index is 5.53. The van der Waals surface area contributed by atoms with Crippen molar-refractivity contribution in [1.82, 2.24) is 4.90 Å². The van der Waals surface area contributed by atoms with Gasteiger partial charge in [-0.2, -0.15) is 0 Å². The summed E-state index contributed by atoms with van der Waals surface area (Å²) < 4.78 is 5.53. The van der Waals surface area contributed by atoms with E-state index < -0.39 is 0 Å². The van der Waals surface area contributed by atoms with Crippen molar-refractivity contribution in [2.75, 3.05) is 26.7 Å². The minimum atomic E-state index is 0.378. The molecule has 1 aromatic rings. The van der Waals surface area contributed by atoms with Crippen molar-refractivity contribution in [2.24, 2.45) is 5.92 Å². The SMILES string of the molecule is C=CCCCCN1CCC2CCCCC2(c2cccc(OC)c2)CC1. The lowest BCUT2D eigenvalue weighted by molar-refractivity contribution is 0.176. The molecule has 1 saturated carbocycles. The number of nitrogens with zero attached hydrogens (tertiary/aromatic N) is 1. The Morgan fingerprint density at radius 2 is 2.12 bits per heavy atom. The Hall–Kier alpha value is -1.28. The zero-order chi connectivity index (χ0) is 17.5. The molecule has 1 aliphatic carbocycles. The zero-order valence-corrected chi connectivity index (χ0v) is 16.0. The van der Waals surface area contributed by atoms with Crippen LogP contribution in [-0.2, 0) is 5.41 Å². The first-order valence-corrected chi connectivity index (χ1v) is 10.3. The third kappa shape index (κ3) is 4.28. The number of methoxy groups -OCH3 is 1. The molecule has 2 aliphatic rings. The molecule has 1 aliphatic heterocycles. The Bertz CT molecular complexity index is 555. The number of hydrogen-bond acceptors (Lipinski definition) is 2. The van der Waals surface area contributed by atoms with E-state index in [-0.39, 0.29) is 0 Å². The van der Waals surface area contributed by atoms with Crippen molar-refractivity contribution in [3.63, 3.8) is 0 Å². The number of hydrogen-bond donors (Lipinski definition) is 0. The molecule has 2 atom stereocenters. The number of unbranched alkanes of at least 4 members (excludes halogenated alkanes) is 2. The normalized spacial score (nSPS) is 27.3. The lowest BCUT2D eigenvalue weighted by Gasteiger charge is -2.44. The van der Waals surface area contributed by atoms with Crippen molar-refractivity contribution in [3.8, 4) is 5.75 Å². The van der Waals surface area contributed by atoms with Crippen molar-refractivity contribution >= 4 is 0 Å². The Morgan fingerprint density at radius 3 is 2.96 bits per heavy atom. The quantitative estimate of drug-likeness (QED) is 0.474. The molecule has 2 fully saturated rings. The van der Waals surface area contributed by atoms with Crippen LogP contribution in [0.5, 0.6) is 5.75 Å². The molecule has 0 bridgehead atoms. The predicted molar refractivity (Wildman–Crippen MR) is 106 cm³/mol. The van der Waals surface area contributed by atoms with Gasteiger partial charge in [0.15, 0.2) is 0 Å². The van der Waals surface area contributed by atoms with Gasteiger partial charge in [0, 0.05) is 0 Å². The van der Waals surface area contributed by atoms with Gasteiger partial charge in [0.05, 0.1) is 7.11 Å². The molecular weight excluding hydrogens is 306 g/mol. The summed E-state index contributed by atoms with van der Waals surface area (Å²) in [6, 6.07) is 8.95. The second-order valence-electron chi connectivity index (χ2n) is 8.00. The van der Waals surface area contributed by atoms with Crippen LogP contribution in [0.4, 0.5) is 0 Å². The van der Waals surface area contributed by atoms with Gasteiger partial charge in [0.1, 0.15) is 5.75 Å². The summed E-state index contributed by atoms with van der Waals surface area (Å²) in [5.74, 6) is 1.85. The minimum Gasteiger partial charge on any atom is -0.497 e. The maximum absolute atomic E-state index is 5.53. The Labute approximate surface area is 154 Å². The van der Waals surface area contributed by atoms with E-state index in [2.05, 4.69) is 41.8 Å². The summed E-state index contributed by atoms with van der Waals surface area (Å²) in [4.78, 5) is 2.73. The topological polar surface area (TPSA) is 12.5 Å². The van der Waals surface area contributed by atoms with Crippen LogP contribution < -0.4 is 4.74 Å². The molecule has 1 aromatic carbocycles. The highest BCUT2D eigenvalue weighted by atomic mass is 16.5. The van der Waals surface area contributed by atoms with Crippen LogP contribution in [0.3, 0.4) is 0 Å². The van der Waals surface area contributed by atoms with Crippen LogP contribution in [0.25, 0.3) is 0 Å². The summed E-state index contributed by atoms with van der Waals surface area (Å²) in [6.45, 7) is 7.63. The fraction of sp³-hybridized carbons (Fsp3) is 0.652. The molecule has 1 saturated heterocycles. The van der Waals surface area contributed by atoms with Crippen LogP contribution >= 0.6 is 0 Å². The summed E-state index contributed by atoms with van der Waals surface area (Å²) >= 11 is 0. The van der Waals surface area contributed by atoms with Crippen LogP contribution in [-0.4, -0.2) is 31.6 Å². The van der Waals surface area contributed by atoms with E-state index in [4.69, 9.17) is 4.74 Å². The number of fused-ring (bicyclic) bond motifs is 1. The molecule has 0 spiro atoms. The Balaban J connectivity index is 1.74. The first kappa shape index (κ1) is 18.5. The molecule has 3 rings (SSSR count). The highest BCUT2D eigenvalue weighted by Crippen LogP contribution is 2.49. The second kappa shape index (κ2) is 8.89. The number of benzene rings is 1. The van der Waals surface area contributed by atoms with Crippen molar-refractivity contribution in [1.29, 1.82) is 0 Å². The van der Waals surface area contributed by atoms with E-state index in [1.807, 2.05) is 0 Å². The third-order valence-electron chi connectivity index (χ3n) is 6.65.